The fourth-order valence-corrected chi connectivity index (χ4v) is 4.67. The molecule has 5 nitrogen and oxygen atoms in total. The first-order valence-electron chi connectivity index (χ1n) is 9.58. The van der Waals surface area contributed by atoms with Crippen LogP contribution in [-0.2, 0) is 15.1 Å². The molecule has 2 aliphatic heterocycles. The van der Waals surface area contributed by atoms with Gasteiger partial charge in [-0.1, -0.05) is 18.7 Å². The van der Waals surface area contributed by atoms with Crippen LogP contribution < -0.4 is 4.74 Å². The summed E-state index contributed by atoms with van der Waals surface area (Å²) < 4.78 is 12.4. The molecule has 2 aliphatic rings. The largest absolute Gasteiger partial charge is 0.508 e. The Morgan fingerprint density at radius 3 is 1.80 bits per heavy atom. The van der Waals surface area contributed by atoms with Crippen molar-refractivity contribution in [3.05, 3.63) is 83.9 Å². The van der Waals surface area contributed by atoms with Crippen LogP contribution in [0.25, 0.3) is 21.5 Å². The van der Waals surface area contributed by atoms with Gasteiger partial charge in [-0.25, -0.2) is 0 Å². The lowest BCUT2D eigenvalue weighted by molar-refractivity contribution is -0.146. The number of hydrogen-bond donors (Lipinski definition) is 2. The summed E-state index contributed by atoms with van der Waals surface area (Å²) in [5.74, 6) is 1.11. The van der Waals surface area contributed by atoms with E-state index < -0.39 is 5.60 Å². The molecule has 1 saturated heterocycles. The first-order valence-corrected chi connectivity index (χ1v) is 9.58. The molecule has 6 rings (SSSR count). The third-order valence-corrected chi connectivity index (χ3v) is 5.99. The predicted octanol–water partition coefficient (Wildman–Crippen LogP) is 5.26. The van der Waals surface area contributed by atoms with Crippen LogP contribution in [-0.4, -0.2) is 16.2 Å². The number of phenols is 2. The van der Waals surface area contributed by atoms with Gasteiger partial charge < -0.3 is 19.7 Å². The number of phenolic OH excluding ortho intramolecular Hbond substituents is 2. The van der Waals surface area contributed by atoms with Crippen molar-refractivity contribution < 1.29 is 24.5 Å². The first kappa shape index (κ1) is 16.9. The molecule has 2 heterocycles. The molecule has 0 radical (unpaired) electrons. The first-order chi connectivity index (χ1) is 14.5. The lowest BCUT2D eigenvalue weighted by Gasteiger charge is -2.37. The quantitative estimate of drug-likeness (QED) is 0.313. The van der Waals surface area contributed by atoms with Gasteiger partial charge >= 0.3 is 5.97 Å². The van der Waals surface area contributed by atoms with Gasteiger partial charge in [0.05, 0.1) is 6.42 Å². The summed E-state index contributed by atoms with van der Waals surface area (Å²) in [6.07, 6.45) is 0.125. The number of esters is 1. The second-order valence-corrected chi connectivity index (χ2v) is 7.73. The monoisotopic (exact) mass is 396 g/mol. The van der Waals surface area contributed by atoms with Gasteiger partial charge in [0.15, 0.2) is 5.60 Å². The zero-order chi connectivity index (χ0) is 20.6. The summed E-state index contributed by atoms with van der Waals surface area (Å²) in [7, 11) is 0. The molecule has 5 heteroatoms. The Hall–Kier alpha value is -3.99. The smallest absolute Gasteiger partial charge is 0.311 e. The minimum Gasteiger partial charge on any atom is -0.508 e. The standard InChI is InChI=1S/C25H16O5/c1-13-10-22(28)30-25(13)20-8-2-14-11-16(26)4-6-18(14)23(20)29-24-19-7-5-17(27)12-15(19)3-9-21(24)25/h2-9,11-12,26-27H,1,10H2. The maximum Gasteiger partial charge on any atom is 0.311 e. The van der Waals surface area contributed by atoms with E-state index in [0.29, 0.717) is 28.2 Å². The number of carbonyl (C=O) groups is 1. The van der Waals surface area contributed by atoms with Crippen LogP contribution >= 0.6 is 0 Å². The van der Waals surface area contributed by atoms with Gasteiger partial charge in [0.2, 0.25) is 0 Å². The second-order valence-electron chi connectivity index (χ2n) is 7.73. The SMILES string of the molecule is C=C1CC(=O)OC12c1ccc3cc(O)ccc3c1Oc1c2ccc2cc(O)ccc12. The Bertz CT molecular complexity index is 1340. The van der Waals surface area contributed by atoms with Crippen molar-refractivity contribution >= 4 is 27.5 Å². The van der Waals surface area contributed by atoms with Gasteiger partial charge in [0.25, 0.3) is 0 Å². The Labute approximate surface area is 171 Å². The Morgan fingerprint density at radius 1 is 0.800 bits per heavy atom. The van der Waals surface area contributed by atoms with Crippen LogP contribution in [0.1, 0.15) is 17.5 Å². The average Bonchev–Trinajstić information content (AvgIpc) is 3.01. The Balaban J connectivity index is 1.75. The maximum absolute atomic E-state index is 12.4. The van der Waals surface area contributed by atoms with Gasteiger partial charge in [-0.05, 0) is 64.9 Å². The highest BCUT2D eigenvalue weighted by Crippen LogP contribution is 2.58. The van der Waals surface area contributed by atoms with E-state index in [9.17, 15) is 15.0 Å². The van der Waals surface area contributed by atoms with Crippen molar-refractivity contribution in [3.63, 3.8) is 0 Å². The average molecular weight is 396 g/mol. The third-order valence-electron chi connectivity index (χ3n) is 5.99. The van der Waals surface area contributed by atoms with E-state index >= 15 is 0 Å². The maximum atomic E-state index is 12.4. The van der Waals surface area contributed by atoms with Crippen LogP contribution in [0.3, 0.4) is 0 Å². The molecule has 4 aromatic carbocycles. The lowest BCUT2D eigenvalue weighted by atomic mass is 9.77. The van der Waals surface area contributed by atoms with Gasteiger partial charge in [-0.2, -0.15) is 0 Å². The van der Waals surface area contributed by atoms with E-state index in [4.69, 9.17) is 9.47 Å². The van der Waals surface area contributed by atoms with E-state index in [-0.39, 0.29) is 23.9 Å². The molecule has 0 bridgehead atoms. The number of fused-ring (bicyclic) bond motifs is 8. The minimum absolute atomic E-state index is 0.125. The molecular weight excluding hydrogens is 380 g/mol. The molecule has 0 aliphatic carbocycles. The summed E-state index contributed by atoms with van der Waals surface area (Å²) in [6, 6.07) is 17.6. The predicted molar refractivity (Wildman–Crippen MR) is 112 cm³/mol. The van der Waals surface area contributed by atoms with E-state index in [2.05, 4.69) is 6.58 Å². The molecule has 0 amide bonds. The van der Waals surface area contributed by atoms with Crippen molar-refractivity contribution in [2.24, 2.45) is 0 Å². The second kappa shape index (κ2) is 5.54. The van der Waals surface area contributed by atoms with E-state index in [1.54, 1.807) is 36.4 Å². The number of benzene rings is 4. The molecule has 0 aromatic heterocycles. The van der Waals surface area contributed by atoms with Gasteiger partial charge in [-0.3, -0.25) is 4.79 Å². The van der Waals surface area contributed by atoms with Crippen LogP contribution in [0.4, 0.5) is 0 Å². The topological polar surface area (TPSA) is 76.0 Å². The number of ether oxygens (including phenoxy) is 2. The van der Waals surface area contributed by atoms with Gasteiger partial charge in [0, 0.05) is 21.9 Å². The molecule has 1 spiro atoms. The van der Waals surface area contributed by atoms with Gasteiger partial charge in [-0.15, -0.1) is 0 Å². The molecule has 30 heavy (non-hydrogen) atoms. The molecule has 2 N–H and O–H groups in total. The molecular formula is C25H16O5. The fourth-order valence-electron chi connectivity index (χ4n) is 4.67. The lowest BCUT2D eigenvalue weighted by Crippen LogP contribution is -2.32. The van der Waals surface area contributed by atoms with Crippen molar-refractivity contribution in [1.82, 2.24) is 0 Å². The summed E-state index contributed by atoms with van der Waals surface area (Å²) in [5.41, 5.74) is 0.928. The zero-order valence-corrected chi connectivity index (χ0v) is 15.8. The van der Waals surface area contributed by atoms with Crippen LogP contribution in [0.2, 0.25) is 0 Å². The number of carbonyl (C=O) groups excluding carboxylic acids is 1. The Morgan fingerprint density at radius 2 is 1.33 bits per heavy atom. The highest BCUT2D eigenvalue weighted by Gasteiger charge is 2.53. The normalized spacial score (nSPS) is 16.4. The van der Waals surface area contributed by atoms with Crippen LogP contribution in [0.15, 0.2) is 72.8 Å². The number of aromatic hydroxyl groups is 2. The molecule has 0 saturated carbocycles. The van der Waals surface area contributed by atoms with Crippen molar-refractivity contribution in [2.45, 2.75) is 12.0 Å². The Kier molecular flexibility index (Phi) is 3.12. The summed E-state index contributed by atoms with van der Waals surface area (Å²) in [6.45, 7) is 4.19. The summed E-state index contributed by atoms with van der Waals surface area (Å²) in [5, 5.41) is 23.0. The minimum atomic E-state index is -1.14. The number of rotatable bonds is 0. The molecule has 0 unspecified atom stereocenters. The van der Waals surface area contributed by atoms with E-state index in [0.717, 1.165) is 21.5 Å². The molecule has 1 fully saturated rings. The number of hydrogen-bond acceptors (Lipinski definition) is 5. The molecule has 146 valence electrons. The highest BCUT2D eigenvalue weighted by atomic mass is 16.6. The zero-order valence-electron chi connectivity index (χ0n) is 15.8. The van der Waals surface area contributed by atoms with E-state index in [1.807, 2.05) is 24.3 Å². The van der Waals surface area contributed by atoms with Crippen LogP contribution in [0.5, 0.6) is 23.0 Å². The summed E-state index contributed by atoms with van der Waals surface area (Å²) in [4.78, 5) is 12.4. The van der Waals surface area contributed by atoms with Gasteiger partial charge in [0.1, 0.15) is 23.0 Å². The molecule has 0 atom stereocenters. The van der Waals surface area contributed by atoms with Crippen molar-refractivity contribution in [1.29, 1.82) is 0 Å². The van der Waals surface area contributed by atoms with E-state index in [1.165, 1.54) is 0 Å². The highest BCUT2D eigenvalue weighted by molar-refractivity contribution is 5.97. The van der Waals surface area contributed by atoms with Crippen molar-refractivity contribution in [3.8, 4) is 23.0 Å². The molecule has 4 aromatic rings. The van der Waals surface area contributed by atoms with Crippen LogP contribution in [0, 0.1) is 0 Å². The van der Waals surface area contributed by atoms with Crippen molar-refractivity contribution in [2.75, 3.05) is 0 Å². The summed E-state index contributed by atoms with van der Waals surface area (Å²) >= 11 is 0. The fraction of sp³-hybridized carbons (Fsp3) is 0.0800. The third kappa shape index (κ3) is 2.04.